The van der Waals surface area contributed by atoms with Crippen molar-refractivity contribution in [3.63, 3.8) is 0 Å². The van der Waals surface area contributed by atoms with Gasteiger partial charge in [-0.1, -0.05) is 20.8 Å². The van der Waals surface area contributed by atoms with Crippen molar-refractivity contribution in [1.82, 2.24) is 30.0 Å². The molecule has 8 nitrogen and oxygen atoms in total. The molecule has 9 heteroatoms. The second-order valence-corrected chi connectivity index (χ2v) is 9.99. The Morgan fingerprint density at radius 3 is 2.72 bits per heavy atom. The molecule has 0 atom stereocenters. The molecule has 0 radical (unpaired) electrons. The SMILES string of the molecule is CN(c1cc2c(nn1)CCSC2)C1CN(c2ccc3nnc(C(C)(C)C)n3n2)C1. The molecule has 0 aromatic carbocycles. The van der Waals surface area contributed by atoms with Gasteiger partial charge >= 0.3 is 0 Å². The second-order valence-electron chi connectivity index (χ2n) is 8.88. The van der Waals surface area contributed by atoms with E-state index in [-0.39, 0.29) is 5.41 Å². The number of thioether (sulfide) groups is 1. The van der Waals surface area contributed by atoms with Gasteiger partial charge in [-0.3, -0.25) is 0 Å². The van der Waals surface area contributed by atoms with E-state index in [1.807, 2.05) is 28.4 Å². The minimum Gasteiger partial charge on any atom is -0.352 e. The first-order valence-corrected chi connectivity index (χ1v) is 11.2. The van der Waals surface area contributed by atoms with Crippen molar-refractivity contribution >= 4 is 29.0 Å². The zero-order valence-corrected chi connectivity index (χ0v) is 18.1. The fraction of sp³-hybridized carbons (Fsp3) is 0.550. The van der Waals surface area contributed by atoms with Crippen LogP contribution < -0.4 is 9.80 Å². The molecule has 152 valence electrons. The van der Waals surface area contributed by atoms with Crippen molar-refractivity contribution in [2.24, 2.45) is 0 Å². The molecule has 1 saturated heterocycles. The van der Waals surface area contributed by atoms with Crippen LogP contribution >= 0.6 is 11.8 Å². The van der Waals surface area contributed by atoms with Crippen molar-refractivity contribution in [3.8, 4) is 0 Å². The lowest BCUT2D eigenvalue weighted by molar-refractivity contribution is 0.482. The standard InChI is InChI=1S/C20H26N8S/c1-20(2,3)19-24-22-16-5-6-17(25-28(16)19)27-10-14(11-27)26(4)18-9-13-12-29-8-7-15(13)21-23-18/h5-6,9,14H,7-8,10-12H2,1-4H3. The molecule has 3 aromatic rings. The lowest BCUT2D eigenvalue weighted by Crippen LogP contribution is -2.59. The van der Waals surface area contributed by atoms with E-state index in [9.17, 15) is 0 Å². The zero-order chi connectivity index (χ0) is 20.2. The predicted octanol–water partition coefficient (Wildman–Crippen LogP) is 2.33. The van der Waals surface area contributed by atoms with E-state index in [4.69, 9.17) is 5.10 Å². The maximum atomic E-state index is 4.82. The molecule has 1 fully saturated rings. The first-order valence-electron chi connectivity index (χ1n) is 10.0. The highest BCUT2D eigenvalue weighted by Crippen LogP contribution is 2.28. The number of aromatic nitrogens is 6. The summed E-state index contributed by atoms with van der Waals surface area (Å²) in [5.41, 5.74) is 3.18. The highest BCUT2D eigenvalue weighted by molar-refractivity contribution is 7.98. The Hall–Kier alpha value is -2.42. The first kappa shape index (κ1) is 18.6. The summed E-state index contributed by atoms with van der Waals surface area (Å²) in [5.74, 6) is 5.00. The van der Waals surface area contributed by atoms with E-state index in [0.717, 1.165) is 59.8 Å². The van der Waals surface area contributed by atoms with Crippen LogP contribution in [0.3, 0.4) is 0 Å². The Labute approximate surface area is 174 Å². The summed E-state index contributed by atoms with van der Waals surface area (Å²) in [5, 5.41) is 22.4. The van der Waals surface area contributed by atoms with Crippen molar-refractivity contribution in [2.75, 3.05) is 35.7 Å². The number of hydrogen-bond donors (Lipinski definition) is 0. The van der Waals surface area contributed by atoms with Crippen LogP contribution in [0, 0.1) is 0 Å². The van der Waals surface area contributed by atoms with E-state index in [0.29, 0.717) is 6.04 Å². The average Bonchev–Trinajstić information content (AvgIpc) is 3.10. The molecule has 3 aromatic heterocycles. The van der Waals surface area contributed by atoms with Gasteiger partial charge in [0.25, 0.3) is 0 Å². The van der Waals surface area contributed by atoms with Crippen molar-refractivity contribution < 1.29 is 0 Å². The third kappa shape index (κ3) is 3.31. The molecule has 0 spiro atoms. The Balaban J connectivity index is 1.31. The van der Waals surface area contributed by atoms with E-state index in [1.165, 1.54) is 5.56 Å². The van der Waals surface area contributed by atoms with E-state index in [2.05, 4.69) is 64.1 Å². The van der Waals surface area contributed by atoms with Crippen LogP contribution in [-0.2, 0) is 17.6 Å². The first-order chi connectivity index (χ1) is 13.9. The minimum absolute atomic E-state index is 0.105. The van der Waals surface area contributed by atoms with Crippen LogP contribution in [0.4, 0.5) is 11.6 Å². The normalized spacial score (nSPS) is 17.3. The molecule has 0 saturated carbocycles. The molecule has 5 rings (SSSR count). The van der Waals surface area contributed by atoms with Gasteiger partial charge in [0.2, 0.25) is 0 Å². The second kappa shape index (κ2) is 6.83. The van der Waals surface area contributed by atoms with Gasteiger partial charge in [-0.2, -0.15) is 21.4 Å². The average molecular weight is 411 g/mol. The van der Waals surface area contributed by atoms with Gasteiger partial charge in [0, 0.05) is 37.7 Å². The van der Waals surface area contributed by atoms with Crippen LogP contribution in [0.15, 0.2) is 18.2 Å². The maximum absolute atomic E-state index is 4.82. The molecule has 29 heavy (non-hydrogen) atoms. The lowest BCUT2D eigenvalue weighted by atomic mass is 9.96. The molecular weight excluding hydrogens is 384 g/mol. The number of anilines is 2. The number of fused-ring (bicyclic) bond motifs is 2. The molecular formula is C20H26N8S. The summed E-state index contributed by atoms with van der Waals surface area (Å²) in [7, 11) is 2.11. The smallest absolute Gasteiger partial charge is 0.178 e. The Morgan fingerprint density at radius 1 is 1.10 bits per heavy atom. The quantitative estimate of drug-likeness (QED) is 0.651. The van der Waals surface area contributed by atoms with E-state index < -0.39 is 0 Å². The number of hydrogen-bond acceptors (Lipinski definition) is 8. The summed E-state index contributed by atoms with van der Waals surface area (Å²) < 4.78 is 1.87. The third-order valence-electron chi connectivity index (χ3n) is 5.70. The number of rotatable bonds is 3. The predicted molar refractivity (Wildman–Crippen MR) is 116 cm³/mol. The summed E-state index contributed by atoms with van der Waals surface area (Å²) in [4.78, 5) is 4.54. The monoisotopic (exact) mass is 410 g/mol. The van der Waals surface area contributed by atoms with Crippen molar-refractivity contribution in [2.45, 2.75) is 44.4 Å². The molecule has 0 bridgehead atoms. The number of aryl methyl sites for hydroxylation is 1. The fourth-order valence-electron chi connectivity index (χ4n) is 3.79. The van der Waals surface area contributed by atoms with Crippen molar-refractivity contribution in [1.29, 1.82) is 0 Å². The molecule has 0 N–H and O–H groups in total. The molecule has 0 aliphatic carbocycles. The number of likely N-dealkylation sites (N-methyl/N-ethyl adjacent to an activating group) is 1. The Morgan fingerprint density at radius 2 is 1.93 bits per heavy atom. The van der Waals surface area contributed by atoms with Crippen LogP contribution in [0.1, 0.15) is 37.9 Å². The van der Waals surface area contributed by atoms with E-state index in [1.54, 1.807) is 0 Å². The minimum atomic E-state index is -0.105. The molecule has 0 unspecified atom stereocenters. The molecule has 2 aliphatic heterocycles. The van der Waals surface area contributed by atoms with Crippen LogP contribution in [0.25, 0.3) is 5.65 Å². The van der Waals surface area contributed by atoms with Gasteiger partial charge in [0.05, 0.1) is 11.7 Å². The zero-order valence-electron chi connectivity index (χ0n) is 17.3. The third-order valence-corrected chi connectivity index (χ3v) is 6.71. The van der Waals surface area contributed by atoms with Gasteiger partial charge in [-0.25, -0.2) is 0 Å². The highest BCUT2D eigenvalue weighted by Gasteiger charge is 2.33. The number of nitrogens with zero attached hydrogens (tertiary/aromatic N) is 8. The van der Waals surface area contributed by atoms with Gasteiger partial charge in [-0.05, 0) is 29.5 Å². The summed E-state index contributed by atoms with van der Waals surface area (Å²) in [6.07, 6.45) is 1.03. The van der Waals surface area contributed by atoms with Gasteiger partial charge in [0.15, 0.2) is 17.3 Å². The van der Waals surface area contributed by atoms with E-state index >= 15 is 0 Å². The van der Waals surface area contributed by atoms with Crippen molar-refractivity contribution in [3.05, 3.63) is 35.3 Å². The fourth-order valence-corrected chi connectivity index (χ4v) is 4.74. The summed E-state index contributed by atoms with van der Waals surface area (Å²) >= 11 is 1.97. The van der Waals surface area contributed by atoms with Gasteiger partial charge in [0.1, 0.15) is 5.82 Å². The lowest BCUT2D eigenvalue weighted by Gasteiger charge is -2.44. The molecule has 2 aliphatic rings. The maximum Gasteiger partial charge on any atom is 0.178 e. The summed E-state index contributed by atoms with van der Waals surface area (Å²) in [6, 6.07) is 6.64. The summed E-state index contributed by atoms with van der Waals surface area (Å²) in [6.45, 7) is 8.21. The molecule has 5 heterocycles. The Bertz CT molecular complexity index is 1050. The molecule has 0 amide bonds. The topological polar surface area (TPSA) is 75.3 Å². The highest BCUT2D eigenvalue weighted by atomic mass is 32.2. The Kier molecular flexibility index (Phi) is 4.38. The van der Waals surface area contributed by atoms with Gasteiger partial charge < -0.3 is 9.80 Å². The van der Waals surface area contributed by atoms with Gasteiger partial charge in [-0.15, -0.1) is 20.4 Å². The largest absolute Gasteiger partial charge is 0.352 e. The van der Waals surface area contributed by atoms with Crippen LogP contribution in [-0.4, -0.2) is 61.9 Å². The van der Waals surface area contributed by atoms with Crippen LogP contribution in [0.2, 0.25) is 0 Å². The van der Waals surface area contributed by atoms with Crippen LogP contribution in [0.5, 0.6) is 0 Å².